The lowest BCUT2D eigenvalue weighted by Gasteiger charge is -2.07. The zero-order valence-electron chi connectivity index (χ0n) is 8.90. The van der Waals surface area contributed by atoms with E-state index in [2.05, 4.69) is 10.9 Å². The molecule has 0 unspecified atom stereocenters. The number of halogens is 1. The van der Waals surface area contributed by atoms with Crippen molar-refractivity contribution in [3.63, 3.8) is 0 Å². The highest BCUT2D eigenvalue weighted by atomic mass is 35.5. The number of carbonyl (C=O) groups excluding carboxylic acids is 2. The summed E-state index contributed by atoms with van der Waals surface area (Å²) in [6.45, 7) is -0.412. The first-order valence-corrected chi connectivity index (χ1v) is 5.15. The molecule has 0 saturated heterocycles. The first-order chi connectivity index (χ1) is 8.11. The maximum atomic E-state index is 11.2. The van der Waals surface area contributed by atoms with Crippen LogP contribution in [0.2, 0.25) is 5.02 Å². The van der Waals surface area contributed by atoms with Crippen LogP contribution in [0.5, 0.6) is 5.75 Å². The van der Waals surface area contributed by atoms with Crippen LogP contribution in [-0.2, 0) is 9.59 Å². The van der Waals surface area contributed by atoms with Gasteiger partial charge in [0, 0.05) is 5.02 Å². The smallest absolute Gasteiger partial charge is 0.276 e. The maximum absolute atomic E-state index is 11.2. The van der Waals surface area contributed by atoms with Crippen molar-refractivity contribution in [2.75, 3.05) is 13.2 Å². The third-order valence-corrected chi connectivity index (χ3v) is 1.96. The van der Waals surface area contributed by atoms with Gasteiger partial charge in [0.25, 0.3) is 11.8 Å². The van der Waals surface area contributed by atoms with E-state index in [1.54, 1.807) is 24.3 Å². The van der Waals surface area contributed by atoms with Crippen LogP contribution in [0, 0.1) is 0 Å². The predicted molar refractivity (Wildman–Crippen MR) is 62.3 cm³/mol. The van der Waals surface area contributed by atoms with Gasteiger partial charge >= 0.3 is 0 Å². The molecule has 0 bridgehead atoms. The third kappa shape index (κ3) is 5.19. The van der Waals surface area contributed by atoms with Gasteiger partial charge in [-0.05, 0) is 24.3 Å². The molecule has 0 saturated carbocycles. The normalized spacial score (nSPS) is 9.53. The third-order valence-electron chi connectivity index (χ3n) is 1.71. The van der Waals surface area contributed by atoms with Gasteiger partial charge in [-0.15, -0.1) is 0 Å². The summed E-state index contributed by atoms with van der Waals surface area (Å²) in [5.74, 6) is -0.457. The summed E-state index contributed by atoms with van der Waals surface area (Å²) in [6, 6.07) is 6.55. The van der Waals surface area contributed by atoms with Crippen molar-refractivity contribution >= 4 is 23.4 Å². The second-order valence-corrected chi connectivity index (χ2v) is 3.48. The van der Waals surface area contributed by atoms with Gasteiger partial charge in [-0.25, -0.2) is 0 Å². The first-order valence-electron chi connectivity index (χ1n) is 4.78. The van der Waals surface area contributed by atoms with Crippen molar-refractivity contribution in [2.45, 2.75) is 0 Å². The summed E-state index contributed by atoms with van der Waals surface area (Å²) < 4.78 is 5.14. The quantitative estimate of drug-likeness (QED) is 0.653. The Balaban J connectivity index is 2.28. The lowest BCUT2D eigenvalue weighted by molar-refractivity contribution is -0.129. The summed E-state index contributed by atoms with van der Waals surface area (Å²) in [6.07, 6.45) is 0. The lowest BCUT2D eigenvalue weighted by Crippen LogP contribution is -2.46. The second-order valence-electron chi connectivity index (χ2n) is 3.04. The predicted octanol–water partition coefficient (Wildman–Crippen LogP) is -0.175. The number of hydrogen-bond donors (Lipinski definition) is 3. The molecule has 2 amide bonds. The number of nitrogens with two attached hydrogens (primary N) is 1. The molecule has 0 radical (unpaired) electrons. The maximum Gasteiger partial charge on any atom is 0.276 e. The van der Waals surface area contributed by atoms with E-state index in [0.29, 0.717) is 10.8 Å². The van der Waals surface area contributed by atoms with Crippen molar-refractivity contribution < 1.29 is 14.3 Å². The van der Waals surface area contributed by atoms with Crippen LogP contribution < -0.4 is 21.3 Å². The summed E-state index contributed by atoms with van der Waals surface area (Å²) in [7, 11) is 0. The Hall–Kier alpha value is -1.79. The van der Waals surface area contributed by atoms with Gasteiger partial charge in [0.2, 0.25) is 0 Å². The van der Waals surface area contributed by atoms with E-state index in [9.17, 15) is 9.59 Å². The van der Waals surface area contributed by atoms with Gasteiger partial charge in [0.15, 0.2) is 6.61 Å². The minimum absolute atomic E-state index is 0.196. The number of hydrazine groups is 1. The number of ether oxygens (including phenoxy) is 1. The van der Waals surface area contributed by atoms with Gasteiger partial charge in [0.05, 0.1) is 6.54 Å². The largest absolute Gasteiger partial charge is 0.484 e. The van der Waals surface area contributed by atoms with Crippen LogP contribution in [0.1, 0.15) is 0 Å². The molecule has 0 aliphatic heterocycles. The highest BCUT2D eigenvalue weighted by molar-refractivity contribution is 6.30. The number of carbonyl (C=O) groups is 2. The first kappa shape index (κ1) is 13.3. The van der Waals surface area contributed by atoms with Crippen LogP contribution in [0.15, 0.2) is 24.3 Å². The molecule has 0 aromatic heterocycles. The highest BCUT2D eigenvalue weighted by Crippen LogP contribution is 2.15. The van der Waals surface area contributed by atoms with Gasteiger partial charge in [-0.3, -0.25) is 20.4 Å². The SMILES string of the molecule is NCC(=O)NNC(=O)COc1ccc(Cl)cc1. The molecule has 7 heteroatoms. The molecule has 0 spiro atoms. The van der Waals surface area contributed by atoms with Crippen molar-refractivity contribution in [1.82, 2.24) is 10.9 Å². The standard InChI is InChI=1S/C10H12ClN3O3/c11-7-1-3-8(4-2-7)17-6-10(16)14-13-9(15)5-12/h1-4H,5-6,12H2,(H,13,15)(H,14,16). The fraction of sp³-hybridized carbons (Fsp3) is 0.200. The Bertz CT molecular complexity index is 394. The highest BCUT2D eigenvalue weighted by Gasteiger charge is 2.03. The van der Waals surface area contributed by atoms with E-state index in [4.69, 9.17) is 22.1 Å². The molecule has 1 rings (SSSR count). The molecule has 92 valence electrons. The van der Waals surface area contributed by atoms with E-state index >= 15 is 0 Å². The molecular weight excluding hydrogens is 246 g/mol. The van der Waals surface area contributed by atoms with Crippen LogP contribution in [0.4, 0.5) is 0 Å². The number of nitrogens with one attached hydrogen (secondary N) is 2. The van der Waals surface area contributed by atoms with Crippen molar-refractivity contribution in [1.29, 1.82) is 0 Å². The average molecular weight is 258 g/mol. The van der Waals surface area contributed by atoms with Crippen molar-refractivity contribution in [3.05, 3.63) is 29.3 Å². The molecule has 0 fully saturated rings. The number of hydrogen-bond acceptors (Lipinski definition) is 4. The molecule has 6 nitrogen and oxygen atoms in total. The summed E-state index contributed by atoms with van der Waals surface area (Å²) in [5.41, 5.74) is 9.29. The van der Waals surface area contributed by atoms with E-state index in [0.717, 1.165) is 0 Å². The average Bonchev–Trinajstić information content (AvgIpc) is 2.35. The Labute approximate surface area is 103 Å². The van der Waals surface area contributed by atoms with Crippen molar-refractivity contribution in [2.24, 2.45) is 5.73 Å². The lowest BCUT2D eigenvalue weighted by atomic mass is 10.3. The Morgan fingerprint density at radius 1 is 1.18 bits per heavy atom. The van der Waals surface area contributed by atoms with E-state index < -0.39 is 11.8 Å². The van der Waals surface area contributed by atoms with Gasteiger partial charge in [-0.2, -0.15) is 0 Å². The zero-order valence-corrected chi connectivity index (χ0v) is 9.66. The van der Waals surface area contributed by atoms with Gasteiger partial charge in [-0.1, -0.05) is 11.6 Å². The van der Waals surface area contributed by atoms with Gasteiger partial charge in [0.1, 0.15) is 5.75 Å². The van der Waals surface area contributed by atoms with Crippen LogP contribution in [0.3, 0.4) is 0 Å². The monoisotopic (exact) mass is 257 g/mol. The van der Waals surface area contributed by atoms with Crippen molar-refractivity contribution in [3.8, 4) is 5.75 Å². The van der Waals surface area contributed by atoms with Crippen LogP contribution in [-0.4, -0.2) is 25.0 Å². The Morgan fingerprint density at radius 3 is 2.35 bits per heavy atom. The van der Waals surface area contributed by atoms with E-state index in [1.165, 1.54) is 0 Å². The summed E-state index contributed by atoms with van der Waals surface area (Å²) in [5, 5.41) is 0.581. The molecule has 17 heavy (non-hydrogen) atoms. The fourth-order valence-corrected chi connectivity index (χ4v) is 1.03. The number of rotatable bonds is 4. The van der Waals surface area contributed by atoms with Crippen LogP contribution >= 0.6 is 11.6 Å². The Morgan fingerprint density at radius 2 is 1.76 bits per heavy atom. The topological polar surface area (TPSA) is 93.5 Å². The minimum Gasteiger partial charge on any atom is -0.484 e. The molecule has 0 heterocycles. The number of benzene rings is 1. The summed E-state index contributed by atoms with van der Waals surface area (Å²) in [4.78, 5) is 21.9. The molecule has 4 N–H and O–H groups in total. The summed E-state index contributed by atoms with van der Waals surface area (Å²) >= 11 is 5.68. The molecule has 0 aliphatic carbocycles. The zero-order chi connectivity index (χ0) is 12.7. The molecule has 1 aromatic carbocycles. The molecule has 0 aliphatic rings. The van der Waals surface area contributed by atoms with E-state index in [1.807, 2.05) is 0 Å². The van der Waals surface area contributed by atoms with Crippen LogP contribution in [0.25, 0.3) is 0 Å². The molecular formula is C10H12ClN3O3. The second kappa shape index (κ2) is 6.72. The Kier molecular flexibility index (Phi) is 5.25. The number of amides is 2. The molecule has 1 aromatic rings. The van der Waals surface area contributed by atoms with Gasteiger partial charge < -0.3 is 10.5 Å². The van der Waals surface area contributed by atoms with E-state index in [-0.39, 0.29) is 13.2 Å². The fourth-order valence-electron chi connectivity index (χ4n) is 0.906. The minimum atomic E-state index is -0.484. The molecule has 0 atom stereocenters.